The normalized spacial score (nSPS) is 18.0. The lowest BCUT2D eigenvalue weighted by Crippen LogP contribution is -2.38. The minimum absolute atomic E-state index is 0.367. The summed E-state index contributed by atoms with van der Waals surface area (Å²) in [6, 6.07) is 2.02. The van der Waals surface area contributed by atoms with Gasteiger partial charge in [0.1, 0.15) is 0 Å². The molecule has 2 rings (SSSR count). The lowest BCUT2D eigenvalue weighted by atomic mass is 9.86. The lowest BCUT2D eigenvalue weighted by Gasteiger charge is -2.13. The van der Waals surface area contributed by atoms with E-state index in [1.807, 2.05) is 0 Å². The number of nitrogens with zero attached hydrogens (tertiary/aromatic N) is 2. The summed E-state index contributed by atoms with van der Waals surface area (Å²) >= 11 is 0. The Balaban J connectivity index is 2.23. The first kappa shape index (κ1) is 8.78. The zero-order valence-corrected chi connectivity index (χ0v) is 7.43. The van der Waals surface area contributed by atoms with E-state index in [1.165, 1.54) is 12.8 Å². The van der Waals surface area contributed by atoms with Gasteiger partial charge >= 0.3 is 7.12 Å². The molecule has 0 spiro atoms. The van der Waals surface area contributed by atoms with Gasteiger partial charge in [-0.1, -0.05) is 12.8 Å². The molecule has 0 radical (unpaired) electrons. The van der Waals surface area contributed by atoms with E-state index >= 15 is 0 Å². The quantitative estimate of drug-likeness (QED) is 0.613. The van der Waals surface area contributed by atoms with Crippen molar-refractivity contribution in [2.75, 3.05) is 0 Å². The average Bonchev–Trinajstić information content (AvgIpc) is 2.74. The molecular formula is C8H13BN2O2. The summed E-state index contributed by atoms with van der Waals surface area (Å²) in [5.74, 6) is 0. The molecule has 1 heterocycles. The summed E-state index contributed by atoms with van der Waals surface area (Å²) in [6.45, 7) is 0. The predicted molar refractivity (Wildman–Crippen MR) is 49.6 cm³/mol. The molecule has 5 heteroatoms. The molecule has 1 aromatic heterocycles. The van der Waals surface area contributed by atoms with Crippen LogP contribution < -0.4 is 5.59 Å². The zero-order valence-electron chi connectivity index (χ0n) is 7.43. The molecule has 0 aliphatic heterocycles. The maximum Gasteiger partial charge on any atom is 0.507 e. The monoisotopic (exact) mass is 180 g/mol. The second-order valence-corrected chi connectivity index (χ2v) is 3.51. The zero-order chi connectivity index (χ0) is 9.26. The SMILES string of the molecule is OB(O)c1ccnn1C1CCCC1. The van der Waals surface area contributed by atoms with Crippen LogP contribution in [0.15, 0.2) is 12.3 Å². The summed E-state index contributed by atoms with van der Waals surface area (Å²) in [5.41, 5.74) is 0.506. The first-order valence-corrected chi connectivity index (χ1v) is 4.68. The fourth-order valence-electron chi connectivity index (χ4n) is 1.98. The van der Waals surface area contributed by atoms with E-state index in [2.05, 4.69) is 5.10 Å². The Bertz CT molecular complexity index is 281. The Labute approximate surface area is 77.3 Å². The van der Waals surface area contributed by atoms with Gasteiger partial charge in [-0.15, -0.1) is 0 Å². The van der Waals surface area contributed by atoms with E-state index < -0.39 is 7.12 Å². The Morgan fingerprint density at radius 2 is 2.08 bits per heavy atom. The molecule has 0 unspecified atom stereocenters. The van der Waals surface area contributed by atoms with Crippen molar-refractivity contribution < 1.29 is 10.0 Å². The molecule has 13 heavy (non-hydrogen) atoms. The van der Waals surface area contributed by atoms with Crippen LogP contribution in [-0.4, -0.2) is 26.9 Å². The largest absolute Gasteiger partial charge is 0.507 e. The van der Waals surface area contributed by atoms with Crippen LogP contribution in [0.5, 0.6) is 0 Å². The van der Waals surface area contributed by atoms with Crippen molar-refractivity contribution in [1.29, 1.82) is 0 Å². The van der Waals surface area contributed by atoms with E-state index in [9.17, 15) is 0 Å². The highest BCUT2D eigenvalue weighted by Gasteiger charge is 2.24. The minimum atomic E-state index is -1.40. The molecule has 70 valence electrons. The van der Waals surface area contributed by atoms with Crippen molar-refractivity contribution in [2.24, 2.45) is 0 Å². The van der Waals surface area contributed by atoms with E-state index in [-0.39, 0.29) is 0 Å². The van der Waals surface area contributed by atoms with Crippen LogP contribution in [0.1, 0.15) is 31.7 Å². The minimum Gasteiger partial charge on any atom is -0.422 e. The van der Waals surface area contributed by atoms with Gasteiger partial charge in [0.2, 0.25) is 0 Å². The van der Waals surface area contributed by atoms with Gasteiger partial charge in [-0.2, -0.15) is 5.10 Å². The van der Waals surface area contributed by atoms with Gasteiger partial charge in [-0.25, -0.2) is 0 Å². The molecule has 1 aromatic rings. The van der Waals surface area contributed by atoms with Crippen molar-refractivity contribution in [1.82, 2.24) is 9.78 Å². The molecule has 0 amide bonds. The molecule has 1 fully saturated rings. The fraction of sp³-hybridized carbons (Fsp3) is 0.625. The summed E-state index contributed by atoms with van der Waals surface area (Å²) < 4.78 is 1.75. The second-order valence-electron chi connectivity index (χ2n) is 3.51. The van der Waals surface area contributed by atoms with Gasteiger partial charge < -0.3 is 10.0 Å². The van der Waals surface area contributed by atoms with Crippen molar-refractivity contribution in [3.05, 3.63) is 12.3 Å². The van der Waals surface area contributed by atoms with Crippen LogP contribution in [0, 0.1) is 0 Å². The predicted octanol–water partition coefficient (Wildman–Crippen LogP) is -0.322. The van der Waals surface area contributed by atoms with E-state index in [0.29, 0.717) is 11.6 Å². The van der Waals surface area contributed by atoms with Gasteiger partial charge in [0.05, 0.1) is 11.6 Å². The topological polar surface area (TPSA) is 58.3 Å². The molecule has 1 aliphatic carbocycles. The molecule has 0 atom stereocenters. The van der Waals surface area contributed by atoms with Crippen LogP contribution in [-0.2, 0) is 0 Å². The van der Waals surface area contributed by atoms with Crippen LogP contribution in [0.4, 0.5) is 0 Å². The van der Waals surface area contributed by atoms with Gasteiger partial charge in [-0.05, 0) is 18.9 Å². The lowest BCUT2D eigenvalue weighted by molar-refractivity contribution is 0.409. The van der Waals surface area contributed by atoms with Crippen molar-refractivity contribution in [2.45, 2.75) is 31.7 Å². The highest BCUT2D eigenvalue weighted by atomic mass is 16.4. The van der Waals surface area contributed by atoms with Crippen molar-refractivity contribution in [3.63, 3.8) is 0 Å². The summed E-state index contributed by atoms with van der Waals surface area (Å²) in [5, 5.41) is 22.2. The van der Waals surface area contributed by atoms with Crippen molar-refractivity contribution >= 4 is 12.7 Å². The number of hydrogen-bond acceptors (Lipinski definition) is 3. The number of hydrogen-bond donors (Lipinski definition) is 2. The molecule has 1 saturated carbocycles. The Morgan fingerprint density at radius 3 is 2.69 bits per heavy atom. The molecule has 0 bridgehead atoms. The fourth-order valence-corrected chi connectivity index (χ4v) is 1.98. The van der Waals surface area contributed by atoms with Crippen LogP contribution >= 0.6 is 0 Å². The number of aromatic nitrogens is 2. The molecule has 4 nitrogen and oxygen atoms in total. The summed E-state index contributed by atoms with van der Waals surface area (Å²) in [6.07, 6.45) is 6.24. The maximum atomic E-state index is 9.05. The molecule has 1 aliphatic rings. The highest BCUT2D eigenvalue weighted by Crippen LogP contribution is 2.27. The summed E-state index contributed by atoms with van der Waals surface area (Å²) in [4.78, 5) is 0. The smallest absolute Gasteiger partial charge is 0.422 e. The first-order chi connectivity index (χ1) is 6.29. The Kier molecular flexibility index (Phi) is 2.37. The Hall–Kier alpha value is -0.805. The molecule has 0 saturated heterocycles. The average molecular weight is 180 g/mol. The Morgan fingerprint density at radius 1 is 1.38 bits per heavy atom. The van der Waals surface area contributed by atoms with Crippen LogP contribution in [0.3, 0.4) is 0 Å². The van der Waals surface area contributed by atoms with E-state index in [0.717, 1.165) is 12.8 Å². The molecule has 2 N–H and O–H groups in total. The van der Waals surface area contributed by atoms with Gasteiger partial charge in [0, 0.05) is 6.20 Å². The maximum absolute atomic E-state index is 9.05. The van der Waals surface area contributed by atoms with Gasteiger partial charge in [0.15, 0.2) is 0 Å². The molecule has 0 aromatic carbocycles. The summed E-state index contributed by atoms with van der Waals surface area (Å²) in [7, 11) is -1.40. The van der Waals surface area contributed by atoms with Gasteiger partial charge in [0.25, 0.3) is 0 Å². The third-order valence-corrected chi connectivity index (χ3v) is 2.64. The van der Waals surface area contributed by atoms with E-state index in [4.69, 9.17) is 10.0 Å². The first-order valence-electron chi connectivity index (χ1n) is 4.68. The van der Waals surface area contributed by atoms with Crippen molar-refractivity contribution in [3.8, 4) is 0 Å². The standard InChI is InChI=1S/C8H13BN2O2/c12-9(13)8-5-6-10-11(8)7-3-1-2-4-7/h5-7,12-13H,1-4H2. The van der Waals surface area contributed by atoms with Crippen LogP contribution in [0.2, 0.25) is 0 Å². The third-order valence-electron chi connectivity index (χ3n) is 2.64. The van der Waals surface area contributed by atoms with E-state index in [1.54, 1.807) is 16.9 Å². The van der Waals surface area contributed by atoms with Crippen LogP contribution in [0.25, 0.3) is 0 Å². The highest BCUT2D eigenvalue weighted by molar-refractivity contribution is 6.57. The van der Waals surface area contributed by atoms with Gasteiger partial charge in [-0.3, -0.25) is 4.68 Å². The number of rotatable bonds is 2. The third kappa shape index (κ3) is 1.62. The molecular weight excluding hydrogens is 167 g/mol. The second kappa shape index (κ2) is 3.51.